The van der Waals surface area contributed by atoms with Crippen LogP contribution in [0.2, 0.25) is 0 Å². The van der Waals surface area contributed by atoms with Crippen LogP contribution in [0.15, 0.2) is 30.3 Å². The van der Waals surface area contributed by atoms with E-state index in [4.69, 9.17) is 0 Å². The van der Waals surface area contributed by atoms with Crippen LogP contribution in [0.3, 0.4) is 0 Å². The zero-order valence-corrected chi connectivity index (χ0v) is 16.0. The van der Waals surface area contributed by atoms with E-state index in [1.165, 1.54) is 18.4 Å². The average molecular weight is 368 g/mol. The molecule has 6 heteroatoms. The first-order chi connectivity index (χ1) is 12.4. The molecule has 2 aromatic heterocycles. The van der Waals surface area contributed by atoms with Gasteiger partial charge in [0.2, 0.25) is 0 Å². The molecular weight excluding hydrogens is 348 g/mol. The second-order valence-corrected chi connectivity index (χ2v) is 7.19. The number of amides is 1. The normalized spacial score (nSPS) is 10.8. The van der Waals surface area contributed by atoms with Crippen molar-refractivity contribution in [2.24, 2.45) is 0 Å². The van der Waals surface area contributed by atoms with E-state index < -0.39 is 0 Å². The number of pyridine rings is 1. The summed E-state index contributed by atoms with van der Waals surface area (Å²) in [5, 5.41) is 4.00. The quantitative estimate of drug-likeness (QED) is 0.708. The topological polar surface area (TPSA) is 68.3 Å². The van der Waals surface area contributed by atoms with E-state index in [-0.39, 0.29) is 11.9 Å². The molecule has 0 aliphatic rings. The third kappa shape index (κ3) is 3.46. The molecule has 0 aliphatic heterocycles. The van der Waals surface area contributed by atoms with Gasteiger partial charge < -0.3 is 10.1 Å². The Morgan fingerprint density at radius 3 is 2.50 bits per heavy atom. The minimum absolute atomic E-state index is 0.111. The Morgan fingerprint density at radius 1 is 1.15 bits per heavy atom. The summed E-state index contributed by atoms with van der Waals surface area (Å²) < 4.78 is 4.68. The lowest BCUT2D eigenvalue weighted by Gasteiger charge is -2.06. The molecule has 1 amide bonds. The molecule has 0 saturated carbocycles. The van der Waals surface area contributed by atoms with E-state index in [2.05, 4.69) is 15.0 Å². The van der Waals surface area contributed by atoms with Gasteiger partial charge in [-0.2, -0.15) is 0 Å². The molecule has 0 fully saturated rings. The highest BCUT2D eigenvalue weighted by Gasteiger charge is 2.17. The molecule has 0 unspecified atom stereocenters. The zero-order chi connectivity index (χ0) is 18.8. The minimum atomic E-state index is -0.375. The van der Waals surface area contributed by atoms with Crippen molar-refractivity contribution in [1.29, 1.82) is 0 Å². The first-order valence-corrected chi connectivity index (χ1v) is 9.05. The summed E-state index contributed by atoms with van der Waals surface area (Å²) in [5.74, 6) is -0.487. The van der Waals surface area contributed by atoms with E-state index in [9.17, 15) is 9.59 Å². The van der Waals surface area contributed by atoms with Crippen LogP contribution in [-0.2, 0) is 11.3 Å². The Hall–Kier alpha value is -2.73. The van der Waals surface area contributed by atoms with Crippen LogP contribution < -0.4 is 5.32 Å². The summed E-state index contributed by atoms with van der Waals surface area (Å²) in [6.07, 6.45) is 0. The maximum absolute atomic E-state index is 12.6. The second kappa shape index (κ2) is 7.25. The molecule has 0 atom stereocenters. The number of methoxy groups -OCH3 is 1. The molecule has 134 valence electrons. The van der Waals surface area contributed by atoms with E-state index >= 15 is 0 Å². The van der Waals surface area contributed by atoms with Gasteiger partial charge >= 0.3 is 5.97 Å². The number of carbonyl (C=O) groups is 2. The Labute approximate surface area is 156 Å². The molecule has 3 rings (SSSR count). The van der Waals surface area contributed by atoms with Gasteiger partial charge in [-0.3, -0.25) is 4.79 Å². The Kier molecular flexibility index (Phi) is 5.04. The number of aromatic nitrogens is 1. The fourth-order valence-electron chi connectivity index (χ4n) is 2.98. The van der Waals surface area contributed by atoms with Crippen LogP contribution >= 0.6 is 11.3 Å². The molecule has 3 aromatic rings. The summed E-state index contributed by atoms with van der Waals surface area (Å²) in [6.45, 7) is 6.35. The highest BCUT2D eigenvalue weighted by Crippen LogP contribution is 2.32. The number of carbonyl (C=O) groups excluding carboxylic acids is 2. The van der Waals surface area contributed by atoms with Gasteiger partial charge in [-0.25, -0.2) is 9.78 Å². The van der Waals surface area contributed by atoms with E-state index in [1.807, 2.05) is 26.8 Å². The predicted octanol–water partition coefficient (Wildman–Crippen LogP) is 3.94. The maximum atomic E-state index is 12.6. The van der Waals surface area contributed by atoms with Gasteiger partial charge in [-0.05, 0) is 55.7 Å². The predicted molar refractivity (Wildman–Crippen MR) is 103 cm³/mol. The van der Waals surface area contributed by atoms with Gasteiger partial charge in [0.05, 0.1) is 17.6 Å². The molecule has 1 aromatic carbocycles. The van der Waals surface area contributed by atoms with Gasteiger partial charge in [0.25, 0.3) is 5.91 Å². The van der Waals surface area contributed by atoms with Gasteiger partial charge in [-0.1, -0.05) is 12.1 Å². The average Bonchev–Trinajstić information content (AvgIpc) is 2.96. The maximum Gasteiger partial charge on any atom is 0.337 e. The summed E-state index contributed by atoms with van der Waals surface area (Å²) in [5.41, 5.74) is 4.45. The summed E-state index contributed by atoms with van der Waals surface area (Å²) in [4.78, 5) is 30.2. The van der Waals surface area contributed by atoms with Gasteiger partial charge in [0.15, 0.2) is 0 Å². The first-order valence-electron chi connectivity index (χ1n) is 8.23. The van der Waals surface area contributed by atoms with Crippen LogP contribution in [0.1, 0.15) is 42.4 Å². The van der Waals surface area contributed by atoms with Crippen molar-refractivity contribution < 1.29 is 14.3 Å². The highest BCUT2D eigenvalue weighted by molar-refractivity contribution is 7.20. The number of rotatable bonds is 4. The van der Waals surface area contributed by atoms with Crippen LogP contribution in [0.5, 0.6) is 0 Å². The van der Waals surface area contributed by atoms with Crippen molar-refractivity contribution in [1.82, 2.24) is 10.3 Å². The fourth-order valence-corrected chi connectivity index (χ4v) is 4.19. The number of esters is 1. The smallest absolute Gasteiger partial charge is 0.337 e. The Balaban J connectivity index is 1.76. The van der Waals surface area contributed by atoms with Gasteiger partial charge in [-0.15, -0.1) is 11.3 Å². The van der Waals surface area contributed by atoms with E-state index in [1.54, 1.807) is 24.3 Å². The highest BCUT2D eigenvalue weighted by atomic mass is 32.1. The molecule has 1 N–H and O–H groups in total. The molecule has 26 heavy (non-hydrogen) atoms. The summed E-state index contributed by atoms with van der Waals surface area (Å²) in [7, 11) is 1.35. The lowest BCUT2D eigenvalue weighted by atomic mass is 10.1. The van der Waals surface area contributed by atoms with Crippen molar-refractivity contribution in [3.8, 4) is 0 Å². The third-order valence-electron chi connectivity index (χ3n) is 4.26. The molecular formula is C20H20N2O3S. The number of thiophene rings is 1. The molecule has 0 saturated heterocycles. The number of benzene rings is 1. The van der Waals surface area contributed by atoms with Gasteiger partial charge in [0.1, 0.15) is 4.83 Å². The number of aryl methyl sites for hydroxylation is 3. The molecule has 5 nitrogen and oxygen atoms in total. The first kappa shape index (κ1) is 18.1. The number of ether oxygens (including phenoxy) is 1. The van der Waals surface area contributed by atoms with Crippen molar-refractivity contribution >= 4 is 33.4 Å². The minimum Gasteiger partial charge on any atom is -0.465 e. The standard InChI is InChI=1S/C20H20N2O3S/c1-11-9-12(2)22-19-16(11)13(3)17(26-19)18(23)21-10-14-5-7-15(8-6-14)20(24)25-4/h5-9H,10H2,1-4H3,(H,21,23). The van der Waals surface area contributed by atoms with E-state index in [0.29, 0.717) is 17.0 Å². The number of fused-ring (bicyclic) bond motifs is 1. The fraction of sp³-hybridized carbons (Fsp3) is 0.250. The molecule has 0 spiro atoms. The monoisotopic (exact) mass is 368 g/mol. The van der Waals surface area contributed by atoms with Crippen LogP contribution in [0, 0.1) is 20.8 Å². The van der Waals surface area contributed by atoms with Crippen LogP contribution in [-0.4, -0.2) is 24.0 Å². The Morgan fingerprint density at radius 2 is 1.85 bits per heavy atom. The molecule has 2 heterocycles. The van der Waals surface area contributed by atoms with Crippen molar-refractivity contribution in [2.75, 3.05) is 7.11 Å². The number of hydrogen-bond donors (Lipinski definition) is 1. The Bertz CT molecular complexity index is 990. The molecule has 0 radical (unpaired) electrons. The van der Waals surface area contributed by atoms with Crippen molar-refractivity contribution in [3.63, 3.8) is 0 Å². The van der Waals surface area contributed by atoms with E-state index in [0.717, 1.165) is 32.6 Å². The van der Waals surface area contributed by atoms with Crippen LogP contribution in [0.25, 0.3) is 10.2 Å². The number of nitrogens with zero attached hydrogens (tertiary/aromatic N) is 1. The number of nitrogens with one attached hydrogen (secondary N) is 1. The lowest BCUT2D eigenvalue weighted by molar-refractivity contribution is 0.0600. The van der Waals surface area contributed by atoms with Crippen LogP contribution in [0.4, 0.5) is 0 Å². The third-order valence-corrected chi connectivity index (χ3v) is 5.44. The SMILES string of the molecule is COC(=O)c1ccc(CNC(=O)c2sc3nc(C)cc(C)c3c2C)cc1. The number of hydrogen-bond acceptors (Lipinski definition) is 5. The molecule has 0 bridgehead atoms. The van der Waals surface area contributed by atoms with Crippen molar-refractivity contribution in [3.05, 3.63) is 63.2 Å². The lowest BCUT2D eigenvalue weighted by Crippen LogP contribution is -2.22. The van der Waals surface area contributed by atoms with Gasteiger partial charge in [0, 0.05) is 17.6 Å². The summed E-state index contributed by atoms with van der Waals surface area (Å²) >= 11 is 1.42. The van der Waals surface area contributed by atoms with Crippen molar-refractivity contribution in [2.45, 2.75) is 27.3 Å². The second-order valence-electron chi connectivity index (χ2n) is 6.19. The largest absolute Gasteiger partial charge is 0.465 e. The molecule has 0 aliphatic carbocycles. The zero-order valence-electron chi connectivity index (χ0n) is 15.2. The summed E-state index contributed by atoms with van der Waals surface area (Å²) in [6, 6.07) is 9.02.